The molecular formula is C17H25N3O3. The van der Waals surface area contributed by atoms with Gasteiger partial charge in [-0.25, -0.2) is 0 Å². The van der Waals surface area contributed by atoms with Crippen molar-refractivity contribution in [2.45, 2.75) is 25.1 Å². The number of β-amino-alcohol motifs (C(OH)–C–C–N with tert-alkyl or cyclic N) is 1. The number of carbonyl (C=O) groups excluding carboxylic acids is 1. The highest BCUT2D eigenvalue weighted by molar-refractivity contribution is 5.82. The Morgan fingerprint density at radius 1 is 1.35 bits per heavy atom. The first-order chi connectivity index (χ1) is 11.1. The molecular weight excluding hydrogens is 294 g/mol. The van der Waals surface area contributed by atoms with Crippen molar-refractivity contribution in [1.82, 2.24) is 10.2 Å². The summed E-state index contributed by atoms with van der Waals surface area (Å²) < 4.78 is 5.37. The maximum Gasteiger partial charge on any atom is 0.239 e. The average molecular weight is 319 g/mol. The van der Waals surface area contributed by atoms with E-state index in [1.54, 1.807) is 4.90 Å². The number of aliphatic hydroxyl groups excluding tert-OH is 1. The van der Waals surface area contributed by atoms with Crippen LogP contribution >= 0.6 is 0 Å². The van der Waals surface area contributed by atoms with Crippen molar-refractivity contribution in [1.29, 1.82) is 0 Å². The number of aliphatic hydroxyl groups is 1. The van der Waals surface area contributed by atoms with Crippen molar-refractivity contribution < 1.29 is 14.6 Å². The number of ether oxygens (including phenoxy) is 1. The van der Waals surface area contributed by atoms with Gasteiger partial charge in [0.05, 0.1) is 25.4 Å². The molecule has 23 heavy (non-hydrogen) atoms. The summed E-state index contributed by atoms with van der Waals surface area (Å²) >= 11 is 0. The van der Waals surface area contributed by atoms with E-state index in [0.29, 0.717) is 19.5 Å². The molecule has 2 heterocycles. The highest BCUT2D eigenvalue weighted by Crippen LogP contribution is 2.18. The number of amides is 1. The lowest BCUT2D eigenvalue weighted by Gasteiger charge is -2.29. The van der Waals surface area contributed by atoms with Gasteiger partial charge in [-0.3, -0.25) is 4.79 Å². The van der Waals surface area contributed by atoms with E-state index in [2.05, 4.69) is 34.5 Å². The molecule has 0 spiro atoms. The first-order valence-electron chi connectivity index (χ1n) is 8.21. The van der Waals surface area contributed by atoms with Crippen molar-refractivity contribution in [3.05, 3.63) is 29.8 Å². The molecule has 2 aliphatic heterocycles. The van der Waals surface area contributed by atoms with Gasteiger partial charge in [-0.05, 0) is 24.1 Å². The van der Waals surface area contributed by atoms with E-state index in [1.807, 2.05) is 7.05 Å². The molecule has 1 amide bonds. The van der Waals surface area contributed by atoms with Crippen LogP contribution in [0.5, 0.6) is 0 Å². The van der Waals surface area contributed by atoms with Crippen molar-refractivity contribution in [2.75, 3.05) is 44.8 Å². The van der Waals surface area contributed by atoms with E-state index < -0.39 is 6.10 Å². The van der Waals surface area contributed by atoms with Crippen molar-refractivity contribution in [3.8, 4) is 0 Å². The van der Waals surface area contributed by atoms with Crippen LogP contribution in [0.25, 0.3) is 0 Å². The smallest absolute Gasteiger partial charge is 0.239 e. The zero-order valence-electron chi connectivity index (χ0n) is 13.6. The fourth-order valence-electron chi connectivity index (χ4n) is 3.16. The summed E-state index contributed by atoms with van der Waals surface area (Å²) in [5.41, 5.74) is 2.31. The Balaban J connectivity index is 1.56. The second kappa shape index (κ2) is 7.29. The van der Waals surface area contributed by atoms with Gasteiger partial charge in [0.25, 0.3) is 0 Å². The summed E-state index contributed by atoms with van der Waals surface area (Å²) in [7, 11) is 1.81. The molecule has 3 rings (SSSR count). The van der Waals surface area contributed by atoms with E-state index >= 15 is 0 Å². The van der Waals surface area contributed by atoms with Crippen LogP contribution in [0.1, 0.15) is 12.0 Å². The highest BCUT2D eigenvalue weighted by Gasteiger charge is 2.29. The molecule has 2 aliphatic rings. The minimum atomic E-state index is -0.412. The van der Waals surface area contributed by atoms with Gasteiger partial charge < -0.3 is 25.0 Å². The Morgan fingerprint density at radius 3 is 2.65 bits per heavy atom. The largest absolute Gasteiger partial charge is 0.392 e. The van der Waals surface area contributed by atoms with E-state index in [0.717, 1.165) is 31.9 Å². The summed E-state index contributed by atoms with van der Waals surface area (Å²) in [6.07, 6.45) is 0.0873. The fraction of sp³-hybridized carbons (Fsp3) is 0.588. The van der Waals surface area contributed by atoms with Gasteiger partial charge >= 0.3 is 0 Å². The van der Waals surface area contributed by atoms with Crippen molar-refractivity contribution in [3.63, 3.8) is 0 Å². The van der Waals surface area contributed by atoms with Crippen LogP contribution in [-0.2, 0) is 16.1 Å². The Bertz CT molecular complexity index is 528. The third-order valence-electron chi connectivity index (χ3n) is 4.51. The molecule has 0 radical (unpaired) electrons. The summed E-state index contributed by atoms with van der Waals surface area (Å²) in [6.45, 7) is 4.48. The topological polar surface area (TPSA) is 65.0 Å². The summed E-state index contributed by atoms with van der Waals surface area (Å²) in [5, 5.41) is 12.6. The number of nitrogens with one attached hydrogen (secondary N) is 1. The van der Waals surface area contributed by atoms with Crippen LogP contribution in [0.3, 0.4) is 0 Å². The molecule has 126 valence electrons. The zero-order valence-corrected chi connectivity index (χ0v) is 13.6. The van der Waals surface area contributed by atoms with Gasteiger partial charge in [0.2, 0.25) is 5.91 Å². The van der Waals surface area contributed by atoms with Gasteiger partial charge in [-0.1, -0.05) is 12.1 Å². The predicted molar refractivity (Wildman–Crippen MR) is 88.4 cm³/mol. The standard InChI is InChI=1S/C17H25N3O3/c1-19(17(22)16-10-15(21)11-18-16)12-13-2-4-14(5-3-13)20-6-8-23-9-7-20/h2-5,15-16,18,21H,6-12H2,1H3/t15-,16+/m1/s1. The van der Waals surface area contributed by atoms with Crippen molar-refractivity contribution in [2.24, 2.45) is 0 Å². The second-order valence-electron chi connectivity index (χ2n) is 6.31. The van der Waals surface area contributed by atoms with E-state index in [4.69, 9.17) is 4.74 Å². The maximum absolute atomic E-state index is 12.3. The lowest BCUT2D eigenvalue weighted by atomic mass is 10.1. The van der Waals surface area contributed by atoms with Crippen LogP contribution in [-0.4, -0.2) is 68.0 Å². The van der Waals surface area contributed by atoms with Crippen LogP contribution in [0, 0.1) is 0 Å². The van der Waals surface area contributed by atoms with E-state index in [-0.39, 0.29) is 11.9 Å². The van der Waals surface area contributed by atoms with E-state index in [9.17, 15) is 9.90 Å². The monoisotopic (exact) mass is 319 g/mol. The van der Waals surface area contributed by atoms with Crippen LogP contribution in [0.15, 0.2) is 24.3 Å². The zero-order chi connectivity index (χ0) is 16.2. The normalized spacial score (nSPS) is 24.7. The quantitative estimate of drug-likeness (QED) is 0.830. The Labute approximate surface area is 137 Å². The first-order valence-corrected chi connectivity index (χ1v) is 8.21. The molecule has 2 fully saturated rings. The number of morpholine rings is 1. The number of hydrogen-bond acceptors (Lipinski definition) is 5. The molecule has 1 aromatic rings. The molecule has 2 atom stereocenters. The molecule has 0 aromatic heterocycles. The number of likely N-dealkylation sites (N-methyl/N-ethyl adjacent to an activating group) is 1. The first kappa shape index (κ1) is 16.2. The van der Waals surface area contributed by atoms with Gasteiger partial charge in [0.1, 0.15) is 0 Å². The van der Waals surface area contributed by atoms with Crippen LogP contribution < -0.4 is 10.2 Å². The SMILES string of the molecule is CN(Cc1ccc(N2CCOCC2)cc1)C(=O)[C@@H]1C[C@@H](O)CN1. The number of hydrogen-bond donors (Lipinski definition) is 2. The lowest BCUT2D eigenvalue weighted by molar-refractivity contribution is -0.132. The molecule has 2 N–H and O–H groups in total. The number of carbonyl (C=O) groups is 1. The molecule has 6 nitrogen and oxygen atoms in total. The Morgan fingerprint density at radius 2 is 2.04 bits per heavy atom. The molecule has 0 saturated carbocycles. The molecule has 2 saturated heterocycles. The predicted octanol–water partition coefficient (Wildman–Crippen LogP) is 0.204. The number of rotatable bonds is 4. The fourth-order valence-corrected chi connectivity index (χ4v) is 3.16. The highest BCUT2D eigenvalue weighted by atomic mass is 16.5. The van der Waals surface area contributed by atoms with Gasteiger partial charge in [0, 0.05) is 38.9 Å². The number of benzene rings is 1. The number of nitrogens with zero attached hydrogens (tertiary/aromatic N) is 2. The third kappa shape index (κ3) is 4.02. The third-order valence-corrected chi connectivity index (χ3v) is 4.51. The second-order valence-corrected chi connectivity index (χ2v) is 6.31. The molecule has 0 aliphatic carbocycles. The lowest BCUT2D eigenvalue weighted by Crippen LogP contribution is -2.41. The van der Waals surface area contributed by atoms with Gasteiger partial charge in [-0.2, -0.15) is 0 Å². The maximum atomic E-state index is 12.3. The Hall–Kier alpha value is -1.63. The summed E-state index contributed by atoms with van der Waals surface area (Å²) in [4.78, 5) is 16.4. The van der Waals surface area contributed by atoms with E-state index in [1.165, 1.54) is 5.69 Å². The minimum Gasteiger partial charge on any atom is -0.392 e. The molecule has 0 bridgehead atoms. The minimum absolute atomic E-state index is 0.0406. The average Bonchev–Trinajstić information content (AvgIpc) is 3.02. The summed E-state index contributed by atoms with van der Waals surface area (Å²) in [6, 6.07) is 8.10. The van der Waals surface area contributed by atoms with Crippen LogP contribution in [0.4, 0.5) is 5.69 Å². The van der Waals surface area contributed by atoms with Crippen molar-refractivity contribution >= 4 is 11.6 Å². The van der Waals surface area contributed by atoms with Gasteiger partial charge in [0.15, 0.2) is 0 Å². The molecule has 1 aromatic carbocycles. The van der Waals surface area contributed by atoms with Gasteiger partial charge in [-0.15, -0.1) is 0 Å². The number of anilines is 1. The summed E-state index contributed by atoms with van der Waals surface area (Å²) in [5.74, 6) is 0.0406. The Kier molecular flexibility index (Phi) is 5.15. The molecule has 6 heteroatoms. The van der Waals surface area contributed by atoms with Crippen LogP contribution in [0.2, 0.25) is 0 Å². The molecule has 0 unspecified atom stereocenters.